The van der Waals surface area contributed by atoms with E-state index in [0.717, 1.165) is 16.9 Å². The van der Waals surface area contributed by atoms with Crippen molar-refractivity contribution in [2.45, 2.75) is 25.3 Å². The summed E-state index contributed by atoms with van der Waals surface area (Å²) in [7, 11) is 0. The molecule has 0 spiro atoms. The van der Waals surface area contributed by atoms with Gasteiger partial charge in [-0.3, -0.25) is 4.99 Å². The first kappa shape index (κ1) is 8.65. The third-order valence-corrected chi connectivity index (χ3v) is 2.89. The standard InChI is InChI=1S/C12H13N3/c1-2-7-11-10(6-1)14-12(15-11)8-13-9-4-3-5-9/h1-2,6-9H,3-5H2,(H,14,15)/b13-8+. The molecule has 3 rings (SSSR count). The molecular weight excluding hydrogens is 186 g/mol. The SMILES string of the molecule is C(=N\C1CCC1)/c1nc2ccccc2[nH]1. The third kappa shape index (κ3) is 1.65. The zero-order valence-corrected chi connectivity index (χ0v) is 8.48. The second-order valence-corrected chi connectivity index (χ2v) is 4.00. The van der Waals surface area contributed by atoms with E-state index >= 15 is 0 Å². The van der Waals surface area contributed by atoms with Crippen molar-refractivity contribution in [2.75, 3.05) is 0 Å². The predicted octanol–water partition coefficient (Wildman–Crippen LogP) is 2.53. The number of hydrogen-bond acceptors (Lipinski definition) is 2. The predicted molar refractivity (Wildman–Crippen MR) is 61.3 cm³/mol. The molecule has 0 aliphatic heterocycles. The maximum Gasteiger partial charge on any atom is 0.149 e. The fourth-order valence-electron chi connectivity index (χ4n) is 1.75. The van der Waals surface area contributed by atoms with Gasteiger partial charge in [-0.25, -0.2) is 4.98 Å². The molecular formula is C12H13N3. The van der Waals surface area contributed by atoms with Crippen molar-refractivity contribution >= 4 is 17.2 Å². The molecule has 15 heavy (non-hydrogen) atoms. The van der Waals surface area contributed by atoms with Crippen LogP contribution in [-0.2, 0) is 0 Å². The molecule has 1 aromatic heterocycles. The number of hydrogen-bond donors (Lipinski definition) is 1. The van der Waals surface area contributed by atoms with E-state index in [9.17, 15) is 0 Å². The number of nitrogens with zero attached hydrogens (tertiary/aromatic N) is 2. The second kappa shape index (κ2) is 3.50. The van der Waals surface area contributed by atoms with Gasteiger partial charge in [0.2, 0.25) is 0 Å². The Morgan fingerprint density at radius 1 is 1.33 bits per heavy atom. The Morgan fingerprint density at radius 2 is 2.20 bits per heavy atom. The van der Waals surface area contributed by atoms with E-state index in [1.165, 1.54) is 19.3 Å². The summed E-state index contributed by atoms with van der Waals surface area (Å²) in [6.45, 7) is 0. The molecule has 3 nitrogen and oxygen atoms in total. The molecule has 2 aromatic rings. The largest absolute Gasteiger partial charge is 0.337 e. The van der Waals surface area contributed by atoms with Crippen LogP contribution in [0.25, 0.3) is 11.0 Å². The van der Waals surface area contributed by atoms with Crippen LogP contribution in [0.4, 0.5) is 0 Å². The number of aromatic nitrogens is 2. The average Bonchev–Trinajstić information content (AvgIpc) is 2.57. The van der Waals surface area contributed by atoms with Crippen LogP contribution in [0.3, 0.4) is 0 Å². The van der Waals surface area contributed by atoms with Gasteiger partial charge < -0.3 is 4.98 Å². The fraction of sp³-hybridized carbons (Fsp3) is 0.333. The Bertz CT molecular complexity index is 461. The van der Waals surface area contributed by atoms with E-state index in [-0.39, 0.29) is 0 Å². The molecule has 0 amide bonds. The van der Waals surface area contributed by atoms with E-state index in [1.54, 1.807) is 0 Å². The first-order valence-corrected chi connectivity index (χ1v) is 5.40. The number of aromatic amines is 1. The van der Waals surface area contributed by atoms with Crippen LogP contribution in [-0.4, -0.2) is 22.2 Å². The Balaban J connectivity index is 1.87. The summed E-state index contributed by atoms with van der Waals surface area (Å²) in [6.07, 6.45) is 5.65. The summed E-state index contributed by atoms with van der Waals surface area (Å²) in [5.74, 6) is 0.864. The molecule has 1 N–H and O–H groups in total. The highest BCUT2D eigenvalue weighted by atomic mass is 14.9. The van der Waals surface area contributed by atoms with Crippen molar-refractivity contribution < 1.29 is 0 Å². The molecule has 1 aromatic carbocycles. The van der Waals surface area contributed by atoms with Crippen molar-refractivity contribution in [1.29, 1.82) is 0 Å². The maximum atomic E-state index is 4.48. The minimum atomic E-state index is 0.540. The second-order valence-electron chi connectivity index (χ2n) is 4.00. The monoisotopic (exact) mass is 199 g/mol. The summed E-state index contributed by atoms with van der Waals surface area (Å²) in [4.78, 5) is 12.2. The van der Waals surface area contributed by atoms with Crippen LogP contribution in [0.2, 0.25) is 0 Å². The topological polar surface area (TPSA) is 41.0 Å². The van der Waals surface area contributed by atoms with Crippen LogP contribution in [0.15, 0.2) is 29.3 Å². The van der Waals surface area contributed by atoms with Crippen LogP contribution >= 0.6 is 0 Å². The van der Waals surface area contributed by atoms with Gasteiger partial charge in [-0.15, -0.1) is 0 Å². The van der Waals surface area contributed by atoms with Gasteiger partial charge in [-0.1, -0.05) is 12.1 Å². The molecule has 76 valence electrons. The van der Waals surface area contributed by atoms with Gasteiger partial charge in [0, 0.05) is 0 Å². The summed E-state index contributed by atoms with van der Waals surface area (Å²) in [5, 5.41) is 0. The van der Waals surface area contributed by atoms with E-state index in [0.29, 0.717) is 6.04 Å². The van der Waals surface area contributed by atoms with Crippen molar-refractivity contribution in [3.05, 3.63) is 30.1 Å². The third-order valence-electron chi connectivity index (χ3n) is 2.89. The molecule has 0 atom stereocenters. The van der Waals surface area contributed by atoms with Crippen LogP contribution in [0, 0.1) is 0 Å². The zero-order valence-electron chi connectivity index (χ0n) is 8.48. The number of H-pyrrole nitrogens is 1. The lowest BCUT2D eigenvalue weighted by Crippen LogP contribution is -2.14. The van der Waals surface area contributed by atoms with E-state index in [1.807, 2.05) is 30.5 Å². The summed E-state index contributed by atoms with van der Waals surface area (Å²) < 4.78 is 0. The minimum Gasteiger partial charge on any atom is -0.337 e. The molecule has 1 fully saturated rings. The number of aliphatic imine (C=N–C) groups is 1. The molecule has 3 heteroatoms. The van der Waals surface area contributed by atoms with Gasteiger partial charge in [0.1, 0.15) is 5.82 Å². The molecule has 0 saturated heterocycles. The first-order valence-electron chi connectivity index (χ1n) is 5.40. The van der Waals surface area contributed by atoms with E-state index in [2.05, 4.69) is 15.0 Å². The smallest absolute Gasteiger partial charge is 0.149 e. The van der Waals surface area contributed by atoms with Gasteiger partial charge in [-0.2, -0.15) is 0 Å². The molecule has 0 bridgehead atoms. The minimum absolute atomic E-state index is 0.540. The number of nitrogens with one attached hydrogen (secondary N) is 1. The lowest BCUT2D eigenvalue weighted by atomic mass is 9.94. The van der Waals surface area contributed by atoms with Crippen LogP contribution in [0.1, 0.15) is 25.1 Å². The van der Waals surface area contributed by atoms with Crippen molar-refractivity contribution in [2.24, 2.45) is 4.99 Å². The molecule has 1 aliphatic carbocycles. The fourth-order valence-corrected chi connectivity index (χ4v) is 1.75. The van der Waals surface area contributed by atoms with E-state index < -0.39 is 0 Å². The van der Waals surface area contributed by atoms with Gasteiger partial charge in [-0.05, 0) is 31.4 Å². The van der Waals surface area contributed by atoms with Crippen LogP contribution < -0.4 is 0 Å². The molecule has 1 heterocycles. The summed E-state index contributed by atoms with van der Waals surface area (Å²) in [5.41, 5.74) is 2.08. The van der Waals surface area contributed by atoms with Crippen LogP contribution in [0.5, 0.6) is 0 Å². The van der Waals surface area contributed by atoms with Gasteiger partial charge in [0.25, 0.3) is 0 Å². The van der Waals surface area contributed by atoms with Crippen molar-refractivity contribution in [3.8, 4) is 0 Å². The highest BCUT2D eigenvalue weighted by Gasteiger charge is 2.14. The Kier molecular flexibility index (Phi) is 2.02. The maximum absolute atomic E-state index is 4.48. The summed E-state index contributed by atoms with van der Waals surface area (Å²) >= 11 is 0. The van der Waals surface area contributed by atoms with Gasteiger partial charge in [0.05, 0.1) is 23.3 Å². The van der Waals surface area contributed by atoms with Gasteiger partial charge in [0.15, 0.2) is 0 Å². The van der Waals surface area contributed by atoms with Crippen molar-refractivity contribution in [3.63, 3.8) is 0 Å². The quantitative estimate of drug-likeness (QED) is 0.742. The number of rotatable bonds is 2. The number of para-hydroxylation sites is 2. The van der Waals surface area contributed by atoms with Gasteiger partial charge >= 0.3 is 0 Å². The Labute approximate surface area is 88.3 Å². The average molecular weight is 199 g/mol. The van der Waals surface area contributed by atoms with E-state index in [4.69, 9.17) is 0 Å². The molecule has 1 saturated carbocycles. The normalized spacial score (nSPS) is 17.3. The highest BCUT2D eigenvalue weighted by Crippen LogP contribution is 2.21. The molecule has 0 radical (unpaired) electrons. The Morgan fingerprint density at radius 3 is 2.93 bits per heavy atom. The highest BCUT2D eigenvalue weighted by molar-refractivity contribution is 5.83. The van der Waals surface area contributed by atoms with Crippen molar-refractivity contribution in [1.82, 2.24) is 9.97 Å². The Hall–Kier alpha value is -1.64. The lowest BCUT2D eigenvalue weighted by Gasteiger charge is -2.19. The zero-order chi connectivity index (χ0) is 10.1. The lowest BCUT2D eigenvalue weighted by molar-refractivity contribution is 0.421. The first-order chi connectivity index (χ1) is 7.42. The number of fused-ring (bicyclic) bond motifs is 1. The summed E-state index contributed by atoms with van der Waals surface area (Å²) in [6, 6.07) is 8.58. The molecule has 0 unspecified atom stereocenters. The molecule has 1 aliphatic rings. The number of imidazole rings is 1. The number of benzene rings is 1.